The molecule has 1 N–H and O–H groups in total. The molecule has 19 heavy (non-hydrogen) atoms. The van der Waals surface area contributed by atoms with Crippen LogP contribution < -0.4 is 11.0 Å². The largest absolute Gasteiger partial charge is 0.280 e. The minimum atomic E-state index is -0.239. The molecular formula is C14H15N3O2. The molecule has 98 valence electrons. The van der Waals surface area contributed by atoms with Crippen LogP contribution in [0.4, 0.5) is 0 Å². The van der Waals surface area contributed by atoms with Gasteiger partial charge in [-0.25, -0.2) is 9.66 Å². The average Bonchev–Trinajstić information content (AvgIpc) is 2.96. The minimum Gasteiger partial charge on any atom is -0.273 e. The highest BCUT2D eigenvalue weighted by atomic mass is 16.2. The van der Waals surface area contributed by atoms with Gasteiger partial charge in [-0.2, -0.15) is 0 Å². The van der Waals surface area contributed by atoms with Gasteiger partial charge >= 0.3 is 0 Å². The quantitative estimate of drug-likeness (QED) is 0.889. The van der Waals surface area contributed by atoms with Crippen molar-refractivity contribution in [3.8, 4) is 0 Å². The molecule has 2 aromatic rings. The number of nitrogens with zero attached hydrogens (tertiary/aromatic N) is 2. The topological polar surface area (TPSA) is 64.0 Å². The highest BCUT2D eigenvalue weighted by molar-refractivity contribution is 5.86. The Morgan fingerprint density at radius 2 is 2.00 bits per heavy atom. The first-order valence-corrected chi connectivity index (χ1v) is 6.53. The van der Waals surface area contributed by atoms with Gasteiger partial charge in [0.1, 0.15) is 6.33 Å². The third-order valence-electron chi connectivity index (χ3n) is 3.62. The van der Waals surface area contributed by atoms with Crippen LogP contribution in [0.1, 0.15) is 25.7 Å². The molecule has 1 aliphatic carbocycles. The Kier molecular flexibility index (Phi) is 3.03. The maximum Gasteiger partial charge on any atom is 0.280 e. The second kappa shape index (κ2) is 4.84. The lowest BCUT2D eigenvalue weighted by atomic mass is 10.1. The van der Waals surface area contributed by atoms with Gasteiger partial charge < -0.3 is 0 Å². The van der Waals surface area contributed by atoms with Gasteiger partial charge in [-0.15, -0.1) is 0 Å². The third-order valence-corrected chi connectivity index (χ3v) is 3.62. The Bertz CT molecular complexity index is 672. The standard InChI is InChI=1S/C14H15N3O2/c18-13(10-5-1-2-6-10)16-17-9-15-12-8-4-3-7-11(12)14(17)19/h3-4,7-10H,1-2,5-6H2,(H,16,18). The Hall–Kier alpha value is -2.17. The van der Waals surface area contributed by atoms with E-state index in [0.29, 0.717) is 10.9 Å². The van der Waals surface area contributed by atoms with Crippen LogP contribution in [0.3, 0.4) is 0 Å². The van der Waals surface area contributed by atoms with Crippen molar-refractivity contribution in [2.75, 3.05) is 5.43 Å². The molecular weight excluding hydrogens is 242 g/mol. The number of benzene rings is 1. The molecule has 0 atom stereocenters. The summed E-state index contributed by atoms with van der Waals surface area (Å²) in [6.45, 7) is 0. The van der Waals surface area contributed by atoms with Crippen molar-refractivity contribution < 1.29 is 4.79 Å². The number of rotatable bonds is 2. The summed E-state index contributed by atoms with van der Waals surface area (Å²) in [5, 5.41) is 0.511. The van der Waals surface area contributed by atoms with Gasteiger partial charge in [-0.05, 0) is 25.0 Å². The van der Waals surface area contributed by atoms with E-state index in [2.05, 4.69) is 10.4 Å². The monoisotopic (exact) mass is 257 g/mol. The maximum atomic E-state index is 12.2. The van der Waals surface area contributed by atoms with Crippen molar-refractivity contribution in [1.29, 1.82) is 0 Å². The molecule has 0 radical (unpaired) electrons. The number of hydrogen-bond acceptors (Lipinski definition) is 3. The predicted molar refractivity (Wildman–Crippen MR) is 72.3 cm³/mol. The van der Waals surface area contributed by atoms with Crippen molar-refractivity contribution in [1.82, 2.24) is 9.66 Å². The fourth-order valence-corrected chi connectivity index (χ4v) is 2.55. The number of nitrogens with one attached hydrogen (secondary N) is 1. The van der Waals surface area contributed by atoms with Gasteiger partial charge in [0.05, 0.1) is 10.9 Å². The fourth-order valence-electron chi connectivity index (χ4n) is 2.55. The van der Waals surface area contributed by atoms with E-state index in [1.165, 1.54) is 11.0 Å². The van der Waals surface area contributed by atoms with Crippen LogP contribution in [0.2, 0.25) is 0 Å². The van der Waals surface area contributed by atoms with Crippen LogP contribution in [0.25, 0.3) is 10.9 Å². The van der Waals surface area contributed by atoms with Gasteiger partial charge in [0.15, 0.2) is 0 Å². The van der Waals surface area contributed by atoms with Crippen LogP contribution in [-0.2, 0) is 4.79 Å². The second-order valence-corrected chi connectivity index (χ2v) is 4.89. The molecule has 0 saturated heterocycles. The van der Waals surface area contributed by atoms with E-state index in [-0.39, 0.29) is 17.4 Å². The van der Waals surface area contributed by atoms with Gasteiger partial charge in [0.25, 0.3) is 5.56 Å². The Balaban J connectivity index is 1.91. The fraction of sp³-hybridized carbons (Fsp3) is 0.357. The highest BCUT2D eigenvalue weighted by Crippen LogP contribution is 2.24. The summed E-state index contributed by atoms with van der Waals surface area (Å²) in [6, 6.07) is 7.10. The first-order chi connectivity index (χ1) is 9.25. The van der Waals surface area contributed by atoms with Crippen LogP contribution in [0, 0.1) is 5.92 Å². The number of para-hydroxylation sites is 1. The first-order valence-electron chi connectivity index (χ1n) is 6.53. The number of aromatic nitrogens is 2. The average molecular weight is 257 g/mol. The highest BCUT2D eigenvalue weighted by Gasteiger charge is 2.23. The summed E-state index contributed by atoms with van der Waals surface area (Å²) in [5.74, 6) is -0.0601. The van der Waals surface area contributed by atoms with Crippen molar-refractivity contribution in [3.05, 3.63) is 40.9 Å². The van der Waals surface area contributed by atoms with Gasteiger partial charge in [0, 0.05) is 5.92 Å². The molecule has 1 aromatic carbocycles. The lowest BCUT2D eigenvalue weighted by Crippen LogP contribution is -2.36. The molecule has 0 spiro atoms. The Morgan fingerprint density at radius 1 is 1.26 bits per heavy atom. The smallest absolute Gasteiger partial charge is 0.273 e. The molecule has 3 rings (SSSR count). The van der Waals surface area contributed by atoms with Crippen LogP contribution in [0.15, 0.2) is 35.4 Å². The lowest BCUT2D eigenvalue weighted by Gasteiger charge is -2.12. The Labute approximate surface area is 110 Å². The van der Waals surface area contributed by atoms with Crippen LogP contribution in [-0.4, -0.2) is 15.6 Å². The van der Waals surface area contributed by atoms with E-state index in [0.717, 1.165) is 25.7 Å². The molecule has 0 aliphatic heterocycles. The molecule has 0 bridgehead atoms. The molecule has 5 heteroatoms. The molecule has 0 unspecified atom stereocenters. The van der Waals surface area contributed by atoms with Crippen LogP contribution in [0.5, 0.6) is 0 Å². The minimum absolute atomic E-state index is 0.0263. The number of amides is 1. The van der Waals surface area contributed by atoms with Crippen molar-refractivity contribution in [2.45, 2.75) is 25.7 Å². The number of hydrogen-bond donors (Lipinski definition) is 1. The van der Waals surface area contributed by atoms with Gasteiger partial charge in [-0.3, -0.25) is 15.0 Å². The van der Waals surface area contributed by atoms with E-state index in [9.17, 15) is 9.59 Å². The number of carbonyl (C=O) groups is 1. The molecule has 1 aromatic heterocycles. The molecule has 1 fully saturated rings. The second-order valence-electron chi connectivity index (χ2n) is 4.89. The van der Waals surface area contributed by atoms with E-state index in [1.54, 1.807) is 18.2 Å². The molecule has 1 saturated carbocycles. The maximum absolute atomic E-state index is 12.2. The molecule has 1 amide bonds. The zero-order valence-corrected chi connectivity index (χ0v) is 10.5. The molecule has 1 aliphatic rings. The zero-order chi connectivity index (χ0) is 13.2. The van der Waals surface area contributed by atoms with Gasteiger partial charge in [0.2, 0.25) is 5.91 Å². The van der Waals surface area contributed by atoms with Crippen molar-refractivity contribution in [3.63, 3.8) is 0 Å². The first kappa shape index (κ1) is 11.9. The van der Waals surface area contributed by atoms with Crippen molar-refractivity contribution in [2.24, 2.45) is 5.92 Å². The SMILES string of the molecule is O=C(Nn1cnc2ccccc2c1=O)C1CCCC1. The molecule has 1 heterocycles. The normalized spacial score (nSPS) is 15.8. The van der Waals surface area contributed by atoms with Gasteiger partial charge in [-0.1, -0.05) is 25.0 Å². The van der Waals surface area contributed by atoms with E-state index < -0.39 is 0 Å². The summed E-state index contributed by atoms with van der Waals surface area (Å²) in [4.78, 5) is 28.4. The summed E-state index contributed by atoms with van der Waals surface area (Å²) >= 11 is 0. The van der Waals surface area contributed by atoms with Crippen LogP contribution >= 0.6 is 0 Å². The summed E-state index contributed by atoms with van der Waals surface area (Å²) in [6.07, 6.45) is 5.35. The molecule has 5 nitrogen and oxygen atoms in total. The number of carbonyl (C=O) groups excluding carboxylic acids is 1. The summed E-state index contributed by atoms with van der Waals surface area (Å²) < 4.78 is 1.18. The third kappa shape index (κ3) is 2.23. The zero-order valence-electron chi connectivity index (χ0n) is 10.5. The summed E-state index contributed by atoms with van der Waals surface area (Å²) in [7, 11) is 0. The Morgan fingerprint density at radius 3 is 2.79 bits per heavy atom. The van der Waals surface area contributed by atoms with E-state index >= 15 is 0 Å². The van der Waals surface area contributed by atoms with Crippen molar-refractivity contribution >= 4 is 16.8 Å². The predicted octanol–water partition coefficient (Wildman–Crippen LogP) is 1.66. The van der Waals surface area contributed by atoms with E-state index in [1.807, 2.05) is 6.07 Å². The number of fused-ring (bicyclic) bond motifs is 1. The lowest BCUT2D eigenvalue weighted by molar-refractivity contribution is -0.120. The van der Waals surface area contributed by atoms with E-state index in [4.69, 9.17) is 0 Å². The summed E-state index contributed by atoms with van der Waals surface area (Å²) in [5.41, 5.74) is 3.05.